The fourth-order valence-electron chi connectivity index (χ4n) is 0.856. The van der Waals surface area contributed by atoms with Crippen LogP contribution in [0.2, 0.25) is 0 Å². The number of hydrogen-bond acceptors (Lipinski definition) is 5. The zero-order valence-electron chi connectivity index (χ0n) is 5.27. The highest BCUT2D eigenvalue weighted by Gasteiger charge is 2.44. The smallest absolute Gasteiger partial charge is 0.159 e. The molecule has 0 amide bonds. The van der Waals surface area contributed by atoms with Crippen molar-refractivity contribution in [2.45, 2.75) is 17.1 Å². The van der Waals surface area contributed by atoms with Crippen molar-refractivity contribution in [1.82, 2.24) is 0 Å². The highest BCUT2D eigenvalue weighted by molar-refractivity contribution is 7.81. The average molecular weight is 166 g/mol. The van der Waals surface area contributed by atoms with Crippen LogP contribution in [0.4, 0.5) is 0 Å². The van der Waals surface area contributed by atoms with Gasteiger partial charge in [0.05, 0.1) is 13.2 Å². The molecule has 1 aliphatic rings. The molecule has 0 aliphatic carbocycles. The van der Waals surface area contributed by atoms with Crippen LogP contribution in [0.15, 0.2) is 0 Å². The van der Waals surface area contributed by atoms with Gasteiger partial charge < -0.3 is 20.1 Å². The Morgan fingerprint density at radius 1 is 1.70 bits per heavy atom. The van der Waals surface area contributed by atoms with E-state index in [2.05, 4.69) is 12.6 Å². The molecule has 0 aromatic heterocycles. The fraction of sp³-hybridized carbons (Fsp3) is 1.00. The summed E-state index contributed by atoms with van der Waals surface area (Å²) in [6.45, 7) is -0.355. The zero-order chi connectivity index (χ0) is 7.78. The van der Waals surface area contributed by atoms with Gasteiger partial charge in [0.25, 0.3) is 0 Å². The van der Waals surface area contributed by atoms with E-state index in [1.807, 2.05) is 0 Å². The lowest BCUT2D eigenvalue weighted by Crippen LogP contribution is -2.39. The van der Waals surface area contributed by atoms with Gasteiger partial charge in [-0.2, -0.15) is 0 Å². The number of rotatable bonds is 1. The maximum atomic E-state index is 9.14. The molecule has 60 valence electrons. The van der Waals surface area contributed by atoms with Crippen LogP contribution >= 0.6 is 12.6 Å². The van der Waals surface area contributed by atoms with Gasteiger partial charge in [0.2, 0.25) is 0 Å². The molecule has 1 saturated heterocycles. The minimum atomic E-state index is -1.51. The number of thiol groups is 1. The van der Waals surface area contributed by atoms with Crippen molar-refractivity contribution in [2.24, 2.45) is 0 Å². The van der Waals surface area contributed by atoms with Gasteiger partial charge in [-0.05, 0) is 0 Å². The molecule has 1 aliphatic heterocycles. The van der Waals surface area contributed by atoms with Crippen molar-refractivity contribution in [1.29, 1.82) is 0 Å². The first-order valence-electron chi connectivity index (χ1n) is 2.93. The first-order chi connectivity index (χ1) is 4.58. The monoisotopic (exact) mass is 166 g/mol. The van der Waals surface area contributed by atoms with E-state index >= 15 is 0 Å². The Kier molecular flexibility index (Phi) is 2.21. The molecule has 5 heteroatoms. The van der Waals surface area contributed by atoms with Gasteiger partial charge in [0, 0.05) is 0 Å². The fourth-order valence-corrected chi connectivity index (χ4v) is 1.10. The van der Waals surface area contributed by atoms with Gasteiger partial charge in [0.15, 0.2) is 4.93 Å². The van der Waals surface area contributed by atoms with Crippen LogP contribution in [0, 0.1) is 0 Å². The molecule has 1 fully saturated rings. The van der Waals surface area contributed by atoms with E-state index in [0.29, 0.717) is 0 Å². The highest BCUT2D eigenvalue weighted by atomic mass is 32.1. The van der Waals surface area contributed by atoms with Crippen LogP contribution in [-0.2, 0) is 4.74 Å². The van der Waals surface area contributed by atoms with Gasteiger partial charge in [-0.15, -0.1) is 12.6 Å². The Bertz CT molecular complexity index is 127. The predicted molar refractivity (Wildman–Crippen MR) is 36.8 cm³/mol. The summed E-state index contributed by atoms with van der Waals surface area (Å²) in [5.41, 5.74) is 0. The van der Waals surface area contributed by atoms with Crippen LogP contribution in [0.3, 0.4) is 0 Å². The van der Waals surface area contributed by atoms with Crippen LogP contribution < -0.4 is 0 Å². The quantitative estimate of drug-likeness (QED) is 0.278. The summed E-state index contributed by atoms with van der Waals surface area (Å²) in [5, 5.41) is 26.8. The molecule has 0 aromatic rings. The summed E-state index contributed by atoms with van der Waals surface area (Å²) in [6.07, 6.45) is -1.82. The molecular weight excluding hydrogens is 156 g/mol. The van der Waals surface area contributed by atoms with Crippen LogP contribution in [0.5, 0.6) is 0 Å². The second-order valence-electron chi connectivity index (χ2n) is 2.36. The lowest BCUT2D eigenvalue weighted by Gasteiger charge is -2.18. The molecule has 3 N–H and O–H groups in total. The Balaban J connectivity index is 2.58. The van der Waals surface area contributed by atoms with Crippen LogP contribution in [0.1, 0.15) is 0 Å². The zero-order valence-corrected chi connectivity index (χ0v) is 6.16. The minimum Gasteiger partial charge on any atom is -0.394 e. The summed E-state index contributed by atoms with van der Waals surface area (Å²) in [4.78, 5) is -1.51. The number of ether oxygens (including phenoxy) is 1. The van der Waals surface area contributed by atoms with Crippen LogP contribution in [-0.4, -0.2) is 45.7 Å². The van der Waals surface area contributed by atoms with Crippen molar-refractivity contribution < 1.29 is 20.1 Å². The molecular formula is C5H10O4S. The first-order valence-corrected chi connectivity index (χ1v) is 3.38. The van der Waals surface area contributed by atoms with E-state index in [1.54, 1.807) is 0 Å². The van der Waals surface area contributed by atoms with E-state index in [9.17, 15) is 0 Å². The molecule has 0 radical (unpaired) electrons. The van der Waals surface area contributed by atoms with E-state index in [4.69, 9.17) is 20.1 Å². The van der Waals surface area contributed by atoms with Crippen LogP contribution in [0.25, 0.3) is 0 Å². The maximum Gasteiger partial charge on any atom is 0.159 e. The number of aliphatic hydroxyl groups is 3. The first kappa shape index (κ1) is 8.29. The summed E-state index contributed by atoms with van der Waals surface area (Å²) < 4.78 is 4.80. The molecule has 1 rings (SSSR count). The van der Waals surface area contributed by atoms with Gasteiger partial charge in [-0.3, -0.25) is 0 Å². The standard InChI is InChI=1S/C5H10O4S/c6-1-3-4(7)5(8,10)2-9-3/h3-4,6-8,10H,1-2H2/t3-,4-,5-/m1/s1. The van der Waals surface area contributed by atoms with Crippen molar-refractivity contribution in [3.63, 3.8) is 0 Å². The van der Waals surface area contributed by atoms with Gasteiger partial charge in [-0.1, -0.05) is 0 Å². The highest BCUT2D eigenvalue weighted by Crippen LogP contribution is 2.27. The molecule has 10 heavy (non-hydrogen) atoms. The van der Waals surface area contributed by atoms with Gasteiger partial charge in [-0.25, -0.2) is 0 Å². The van der Waals surface area contributed by atoms with E-state index in [0.717, 1.165) is 0 Å². The Morgan fingerprint density at radius 2 is 2.30 bits per heavy atom. The molecule has 3 atom stereocenters. The Morgan fingerprint density at radius 3 is 2.50 bits per heavy atom. The third-order valence-corrected chi connectivity index (χ3v) is 1.91. The van der Waals surface area contributed by atoms with Gasteiger partial charge >= 0.3 is 0 Å². The van der Waals surface area contributed by atoms with E-state index in [-0.39, 0.29) is 13.2 Å². The second kappa shape index (κ2) is 2.67. The molecule has 0 spiro atoms. The number of aliphatic hydroxyl groups excluding tert-OH is 2. The Hall–Kier alpha value is 0.190. The summed E-state index contributed by atoms with van der Waals surface area (Å²) in [6, 6.07) is 0. The lowest BCUT2D eigenvalue weighted by molar-refractivity contribution is -0.0121. The molecule has 4 nitrogen and oxygen atoms in total. The molecule has 0 bridgehead atoms. The largest absolute Gasteiger partial charge is 0.394 e. The minimum absolute atomic E-state index is 0.0531. The van der Waals surface area contributed by atoms with Gasteiger partial charge in [0.1, 0.15) is 12.2 Å². The summed E-state index contributed by atoms with van der Waals surface area (Å²) in [5.74, 6) is 0. The van der Waals surface area contributed by atoms with E-state index < -0.39 is 17.1 Å². The topological polar surface area (TPSA) is 69.9 Å². The Labute approximate surface area is 63.8 Å². The van der Waals surface area contributed by atoms with Crippen molar-refractivity contribution in [2.75, 3.05) is 13.2 Å². The third kappa shape index (κ3) is 1.28. The molecule has 0 saturated carbocycles. The number of hydrogen-bond donors (Lipinski definition) is 4. The van der Waals surface area contributed by atoms with Crippen molar-refractivity contribution in [3.05, 3.63) is 0 Å². The average Bonchev–Trinajstić information content (AvgIpc) is 2.10. The lowest BCUT2D eigenvalue weighted by atomic mass is 10.1. The van der Waals surface area contributed by atoms with Crippen molar-refractivity contribution >= 4 is 12.6 Å². The third-order valence-electron chi connectivity index (χ3n) is 1.52. The summed E-state index contributed by atoms with van der Waals surface area (Å²) in [7, 11) is 0. The maximum absolute atomic E-state index is 9.14. The van der Waals surface area contributed by atoms with E-state index in [1.165, 1.54) is 0 Å². The summed E-state index contributed by atoms with van der Waals surface area (Å²) >= 11 is 3.73. The predicted octanol–water partition coefficient (Wildman–Crippen LogP) is -1.64. The molecule has 0 unspecified atom stereocenters. The molecule has 1 heterocycles. The second-order valence-corrected chi connectivity index (χ2v) is 3.13. The normalized spacial score (nSPS) is 48.0. The molecule has 0 aromatic carbocycles. The van der Waals surface area contributed by atoms with Crippen molar-refractivity contribution in [3.8, 4) is 0 Å². The SMILES string of the molecule is OC[C@H]1OC[C@@](O)(S)[C@@H]1O.